The summed E-state index contributed by atoms with van der Waals surface area (Å²) in [4.78, 5) is 20.0. The van der Waals surface area contributed by atoms with Crippen LogP contribution >= 0.6 is 0 Å². The van der Waals surface area contributed by atoms with Crippen molar-refractivity contribution in [1.29, 1.82) is 5.26 Å². The summed E-state index contributed by atoms with van der Waals surface area (Å²) in [6.07, 6.45) is 10.7. The molecular weight excluding hydrogens is 294 g/mol. The summed E-state index contributed by atoms with van der Waals surface area (Å²) in [5.74, 6) is 0.328. The van der Waals surface area contributed by atoms with Crippen LogP contribution in [0.3, 0.4) is 0 Å². The number of amides is 1. The molecule has 0 bridgehead atoms. The third kappa shape index (κ3) is 3.83. The van der Waals surface area contributed by atoms with Gasteiger partial charge in [0.2, 0.25) is 5.91 Å². The monoisotopic (exact) mass is 311 g/mol. The van der Waals surface area contributed by atoms with E-state index in [0.717, 1.165) is 12.8 Å². The molecule has 0 atom stereocenters. The largest absolute Gasteiger partial charge is 0.352 e. The molecule has 8 heteroatoms. The lowest BCUT2D eigenvalue weighted by Crippen LogP contribution is -2.35. The number of nitriles is 1. The predicted molar refractivity (Wildman–Crippen MR) is 82.7 cm³/mol. The van der Waals surface area contributed by atoms with E-state index in [1.165, 1.54) is 25.2 Å². The minimum absolute atomic E-state index is 0.0382. The van der Waals surface area contributed by atoms with Crippen molar-refractivity contribution in [2.45, 2.75) is 38.3 Å². The first-order valence-electron chi connectivity index (χ1n) is 7.54. The fraction of sp³-hybridized carbons (Fsp3) is 0.400. The van der Waals surface area contributed by atoms with E-state index in [1.54, 1.807) is 17.1 Å². The van der Waals surface area contributed by atoms with Crippen LogP contribution in [0.1, 0.15) is 31.4 Å². The van der Waals surface area contributed by atoms with Gasteiger partial charge in [0.15, 0.2) is 11.5 Å². The van der Waals surface area contributed by atoms with Gasteiger partial charge in [-0.1, -0.05) is 12.8 Å². The fourth-order valence-electron chi connectivity index (χ4n) is 2.65. The van der Waals surface area contributed by atoms with Crippen LogP contribution in [0, 0.1) is 11.3 Å². The average Bonchev–Trinajstić information content (AvgIpc) is 3.20. The zero-order chi connectivity index (χ0) is 16.1. The standard InChI is InChI=1S/C15H17N7O/c16-7-13-15(18-6-5-17-13)21-12-8-19-22(9-12)10-14(23)20-11-3-1-2-4-11/h5-6,8-9,11H,1-4,10H2,(H,18,21)(H,20,23). The maximum absolute atomic E-state index is 12.0. The van der Waals surface area contributed by atoms with Crippen molar-refractivity contribution in [2.24, 2.45) is 0 Å². The van der Waals surface area contributed by atoms with Crippen molar-refractivity contribution in [3.63, 3.8) is 0 Å². The third-order valence-corrected chi connectivity index (χ3v) is 3.73. The number of nitrogens with zero attached hydrogens (tertiary/aromatic N) is 5. The molecule has 3 rings (SSSR count). The van der Waals surface area contributed by atoms with Crippen LogP contribution in [0.25, 0.3) is 0 Å². The van der Waals surface area contributed by atoms with Crippen LogP contribution in [-0.4, -0.2) is 31.7 Å². The number of carbonyl (C=O) groups is 1. The summed E-state index contributed by atoms with van der Waals surface area (Å²) in [5.41, 5.74) is 0.856. The zero-order valence-electron chi connectivity index (χ0n) is 12.6. The van der Waals surface area contributed by atoms with Crippen molar-refractivity contribution in [3.05, 3.63) is 30.5 Å². The maximum atomic E-state index is 12.0. The minimum atomic E-state index is -0.0382. The summed E-state index contributed by atoms with van der Waals surface area (Å²) in [6, 6.07) is 2.27. The van der Waals surface area contributed by atoms with E-state index in [1.807, 2.05) is 6.07 Å². The molecule has 2 aromatic rings. The van der Waals surface area contributed by atoms with Gasteiger partial charge in [-0.15, -0.1) is 0 Å². The van der Waals surface area contributed by atoms with Crippen LogP contribution in [0.4, 0.5) is 11.5 Å². The normalized spacial score (nSPS) is 14.4. The van der Waals surface area contributed by atoms with Gasteiger partial charge in [0.05, 0.1) is 11.9 Å². The Morgan fingerprint density at radius 1 is 1.35 bits per heavy atom. The molecule has 1 amide bonds. The number of carbonyl (C=O) groups excluding carboxylic acids is 1. The lowest BCUT2D eigenvalue weighted by Gasteiger charge is -2.11. The summed E-state index contributed by atoms with van der Waals surface area (Å²) in [5, 5.41) is 19.1. The smallest absolute Gasteiger partial charge is 0.241 e. The summed E-state index contributed by atoms with van der Waals surface area (Å²) in [7, 11) is 0. The summed E-state index contributed by atoms with van der Waals surface area (Å²) < 4.78 is 1.55. The van der Waals surface area contributed by atoms with Gasteiger partial charge < -0.3 is 10.6 Å². The molecule has 1 fully saturated rings. The molecule has 0 aliphatic heterocycles. The topological polar surface area (TPSA) is 109 Å². The zero-order valence-corrected chi connectivity index (χ0v) is 12.6. The van der Waals surface area contributed by atoms with Crippen LogP contribution in [0.2, 0.25) is 0 Å². The van der Waals surface area contributed by atoms with Crippen LogP contribution < -0.4 is 10.6 Å². The number of hydrogen-bond acceptors (Lipinski definition) is 6. The second-order valence-corrected chi connectivity index (χ2v) is 5.47. The van der Waals surface area contributed by atoms with E-state index in [0.29, 0.717) is 17.5 Å². The molecule has 1 saturated carbocycles. The molecule has 118 valence electrons. The third-order valence-electron chi connectivity index (χ3n) is 3.73. The van der Waals surface area contributed by atoms with E-state index in [2.05, 4.69) is 25.7 Å². The molecule has 23 heavy (non-hydrogen) atoms. The van der Waals surface area contributed by atoms with Gasteiger partial charge in [0.1, 0.15) is 12.6 Å². The molecule has 1 aliphatic rings. The van der Waals surface area contributed by atoms with Crippen molar-refractivity contribution in [1.82, 2.24) is 25.1 Å². The highest BCUT2D eigenvalue weighted by molar-refractivity contribution is 5.76. The Balaban J connectivity index is 1.59. The number of aromatic nitrogens is 4. The molecule has 2 N–H and O–H groups in total. The van der Waals surface area contributed by atoms with Crippen molar-refractivity contribution in [3.8, 4) is 6.07 Å². The lowest BCUT2D eigenvalue weighted by atomic mass is 10.2. The molecule has 2 heterocycles. The SMILES string of the molecule is N#Cc1nccnc1Nc1cnn(CC(=O)NC2CCCC2)c1. The van der Waals surface area contributed by atoms with Crippen LogP contribution in [0.5, 0.6) is 0 Å². The Bertz CT molecular complexity index is 727. The van der Waals surface area contributed by atoms with Gasteiger partial charge in [0, 0.05) is 24.6 Å². The van der Waals surface area contributed by atoms with Gasteiger partial charge >= 0.3 is 0 Å². The Labute approximate surface area is 133 Å². The summed E-state index contributed by atoms with van der Waals surface area (Å²) in [6.45, 7) is 0.170. The van der Waals surface area contributed by atoms with Gasteiger partial charge in [0.25, 0.3) is 0 Å². The highest BCUT2D eigenvalue weighted by atomic mass is 16.2. The Hall–Kier alpha value is -2.95. The van der Waals surface area contributed by atoms with Crippen molar-refractivity contribution in [2.75, 3.05) is 5.32 Å². The average molecular weight is 311 g/mol. The highest BCUT2D eigenvalue weighted by Gasteiger charge is 2.17. The first kappa shape index (κ1) is 15.0. The van der Waals surface area contributed by atoms with E-state index < -0.39 is 0 Å². The number of nitrogens with one attached hydrogen (secondary N) is 2. The van der Waals surface area contributed by atoms with Crippen molar-refractivity contribution >= 4 is 17.4 Å². The molecule has 0 aromatic carbocycles. The molecule has 8 nitrogen and oxygen atoms in total. The first-order chi connectivity index (χ1) is 11.2. The van der Waals surface area contributed by atoms with E-state index in [9.17, 15) is 4.79 Å². The predicted octanol–water partition coefficient (Wildman–Crippen LogP) is 1.35. The fourth-order valence-corrected chi connectivity index (χ4v) is 2.65. The number of hydrogen-bond donors (Lipinski definition) is 2. The highest BCUT2D eigenvalue weighted by Crippen LogP contribution is 2.18. The maximum Gasteiger partial charge on any atom is 0.241 e. The van der Waals surface area contributed by atoms with E-state index in [-0.39, 0.29) is 18.1 Å². The molecule has 0 radical (unpaired) electrons. The molecule has 0 spiro atoms. The second-order valence-electron chi connectivity index (χ2n) is 5.47. The minimum Gasteiger partial charge on any atom is -0.352 e. The Morgan fingerprint density at radius 3 is 2.91 bits per heavy atom. The second kappa shape index (κ2) is 6.87. The quantitative estimate of drug-likeness (QED) is 0.862. The van der Waals surface area contributed by atoms with E-state index >= 15 is 0 Å². The van der Waals surface area contributed by atoms with E-state index in [4.69, 9.17) is 5.26 Å². The lowest BCUT2D eigenvalue weighted by molar-refractivity contribution is -0.122. The van der Waals surface area contributed by atoms with Crippen LogP contribution in [0.15, 0.2) is 24.8 Å². The molecule has 0 unspecified atom stereocenters. The molecular formula is C15H17N7O. The number of rotatable bonds is 5. The van der Waals surface area contributed by atoms with Gasteiger partial charge in [-0.25, -0.2) is 9.97 Å². The molecule has 0 saturated heterocycles. The van der Waals surface area contributed by atoms with Gasteiger partial charge in [-0.05, 0) is 12.8 Å². The van der Waals surface area contributed by atoms with Crippen molar-refractivity contribution < 1.29 is 4.79 Å². The molecule has 1 aliphatic carbocycles. The van der Waals surface area contributed by atoms with Crippen LogP contribution in [-0.2, 0) is 11.3 Å². The van der Waals surface area contributed by atoms with Gasteiger partial charge in [-0.3, -0.25) is 9.48 Å². The number of anilines is 2. The molecule has 2 aromatic heterocycles. The first-order valence-corrected chi connectivity index (χ1v) is 7.54. The van der Waals surface area contributed by atoms with Gasteiger partial charge in [-0.2, -0.15) is 10.4 Å². The summed E-state index contributed by atoms with van der Waals surface area (Å²) >= 11 is 0. The Morgan fingerprint density at radius 2 is 2.13 bits per heavy atom. The Kier molecular flexibility index (Phi) is 4.47.